The molecule has 0 saturated carbocycles. The number of hydrogen-bond acceptors (Lipinski definition) is 6. The Morgan fingerprint density at radius 2 is 2.13 bits per heavy atom. The maximum atomic E-state index is 10.8. The zero-order valence-corrected chi connectivity index (χ0v) is 10.1. The monoisotopic (exact) mass is 282 g/mol. The molecular weight excluding hydrogens is 280 g/mol. The third-order valence-electron chi connectivity index (χ3n) is 1.46. The Morgan fingerprint density at radius 1 is 1.40 bits per heavy atom. The van der Waals surface area contributed by atoms with E-state index in [4.69, 9.17) is 16.2 Å². The molecule has 0 bridgehead atoms. The fourth-order valence-electron chi connectivity index (χ4n) is 0.884. The van der Waals surface area contributed by atoms with Gasteiger partial charge in [0.15, 0.2) is 5.82 Å². The molecule has 2 aromatic rings. The smallest absolute Gasteiger partial charge is 0.281 e. The molecule has 9 heteroatoms. The molecule has 0 aliphatic heterocycles. The molecule has 0 aliphatic rings. The van der Waals surface area contributed by atoms with Crippen LogP contribution in [0, 0.1) is 0 Å². The fourth-order valence-corrected chi connectivity index (χ4v) is 3.16. The van der Waals surface area contributed by atoms with Gasteiger partial charge in [-0.2, -0.15) is 12.8 Å². The normalized spacial score (nSPS) is 11.9. The molecule has 0 unspecified atom stereocenters. The maximum Gasteiger partial charge on any atom is 0.304 e. The molecule has 0 spiro atoms. The summed E-state index contributed by atoms with van der Waals surface area (Å²) in [6.07, 6.45) is 0. The summed E-state index contributed by atoms with van der Waals surface area (Å²) in [7, 11) is -4.15. The number of thiophene rings is 1. The first kappa shape index (κ1) is 11.0. The molecule has 80 valence electrons. The highest BCUT2D eigenvalue weighted by Gasteiger charge is 2.15. The summed E-state index contributed by atoms with van der Waals surface area (Å²) >= 11 is 7.50. The Bertz CT molecular complexity index is 588. The standard InChI is InChI=1S/C6H3ClN2O3S3/c7-6-8-5(9-14-6)3-1-2-4(13-3)15(10,11)12/h1-2H,(H,10,11,12). The van der Waals surface area contributed by atoms with Gasteiger partial charge in [0.1, 0.15) is 4.21 Å². The second kappa shape index (κ2) is 3.80. The van der Waals surface area contributed by atoms with Crippen molar-refractivity contribution in [1.82, 2.24) is 9.36 Å². The van der Waals surface area contributed by atoms with Gasteiger partial charge in [0, 0.05) is 0 Å². The minimum atomic E-state index is -4.15. The zero-order valence-electron chi connectivity index (χ0n) is 6.92. The lowest BCUT2D eigenvalue weighted by Gasteiger charge is -1.87. The lowest BCUT2D eigenvalue weighted by molar-refractivity contribution is 0.485. The molecule has 0 atom stereocenters. The van der Waals surface area contributed by atoms with E-state index in [1.165, 1.54) is 12.1 Å². The van der Waals surface area contributed by atoms with Crippen LogP contribution >= 0.6 is 34.5 Å². The second-order valence-electron chi connectivity index (χ2n) is 2.46. The molecule has 0 radical (unpaired) electrons. The van der Waals surface area contributed by atoms with Gasteiger partial charge in [-0.05, 0) is 35.3 Å². The molecule has 0 saturated heterocycles. The van der Waals surface area contributed by atoms with E-state index in [0.29, 0.717) is 10.7 Å². The van der Waals surface area contributed by atoms with Crippen molar-refractivity contribution in [2.75, 3.05) is 0 Å². The second-order valence-corrected chi connectivity index (χ2v) is 6.53. The van der Waals surface area contributed by atoms with Crippen LogP contribution in [-0.2, 0) is 10.1 Å². The van der Waals surface area contributed by atoms with E-state index in [1.54, 1.807) is 0 Å². The highest BCUT2D eigenvalue weighted by atomic mass is 35.5. The summed E-state index contributed by atoms with van der Waals surface area (Å²) in [5.74, 6) is 0.366. The van der Waals surface area contributed by atoms with Crippen LogP contribution in [0.1, 0.15) is 0 Å². The van der Waals surface area contributed by atoms with Crippen molar-refractivity contribution in [2.24, 2.45) is 0 Å². The number of rotatable bonds is 2. The molecule has 1 N–H and O–H groups in total. The SMILES string of the molecule is O=S(=O)(O)c1ccc(-c2nsc(Cl)n2)s1. The molecular formula is C6H3ClN2O3S3. The first-order chi connectivity index (χ1) is 6.97. The predicted molar refractivity (Wildman–Crippen MR) is 58.0 cm³/mol. The number of hydrogen-bond donors (Lipinski definition) is 1. The molecule has 15 heavy (non-hydrogen) atoms. The summed E-state index contributed by atoms with van der Waals surface area (Å²) in [5.41, 5.74) is 0. The summed E-state index contributed by atoms with van der Waals surface area (Å²) < 4.78 is 34.4. The number of aromatic nitrogens is 2. The van der Waals surface area contributed by atoms with Gasteiger partial charge in [0.2, 0.25) is 4.47 Å². The van der Waals surface area contributed by atoms with Gasteiger partial charge in [-0.3, -0.25) is 4.55 Å². The van der Waals surface area contributed by atoms with E-state index in [9.17, 15) is 8.42 Å². The molecule has 0 aliphatic carbocycles. The van der Waals surface area contributed by atoms with Crippen LogP contribution in [0.5, 0.6) is 0 Å². The van der Waals surface area contributed by atoms with Gasteiger partial charge < -0.3 is 0 Å². The van der Waals surface area contributed by atoms with Gasteiger partial charge >= 0.3 is 10.1 Å². The van der Waals surface area contributed by atoms with Crippen LogP contribution in [0.2, 0.25) is 4.47 Å². The Labute approximate surface area is 98.3 Å². The first-order valence-corrected chi connectivity index (χ1v) is 6.94. The van der Waals surface area contributed by atoms with E-state index < -0.39 is 10.1 Å². The Hall–Kier alpha value is -0.540. The van der Waals surface area contributed by atoms with Crippen molar-refractivity contribution in [3.05, 3.63) is 16.6 Å². The van der Waals surface area contributed by atoms with Crippen LogP contribution < -0.4 is 0 Å². The molecule has 2 heterocycles. The van der Waals surface area contributed by atoms with E-state index in [1.807, 2.05) is 0 Å². The van der Waals surface area contributed by atoms with Gasteiger partial charge in [-0.25, -0.2) is 4.98 Å². The number of nitrogens with zero attached hydrogens (tertiary/aromatic N) is 2. The zero-order chi connectivity index (χ0) is 11.1. The van der Waals surface area contributed by atoms with Gasteiger partial charge in [0.05, 0.1) is 4.88 Å². The molecule has 0 amide bonds. The minimum absolute atomic E-state index is 0.136. The highest BCUT2D eigenvalue weighted by Crippen LogP contribution is 2.30. The Kier molecular flexibility index (Phi) is 2.77. The minimum Gasteiger partial charge on any atom is -0.281 e. The highest BCUT2D eigenvalue weighted by molar-refractivity contribution is 7.88. The quantitative estimate of drug-likeness (QED) is 0.854. The third-order valence-corrected chi connectivity index (χ3v) is 4.66. The topological polar surface area (TPSA) is 80.2 Å². The lowest BCUT2D eigenvalue weighted by Crippen LogP contribution is -1.93. The van der Waals surface area contributed by atoms with Crippen LogP contribution in [0.4, 0.5) is 0 Å². The van der Waals surface area contributed by atoms with Crippen LogP contribution in [0.25, 0.3) is 10.7 Å². The first-order valence-electron chi connectivity index (χ1n) is 3.54. The van der Waals surface area contributed by atoms with Crippen molar-refractivity contribution in [2.45, 2.75) is 4.21 Å². The summed E-state index contributed by atoms with van der Waals surface area (Å²) in [6, 6.07) is 2.82. The molecule has 0 fully saturated rings. The molecule has 0 aromatic carbocycles. The Morgan fingerprint density at radius 3 is 2.60 bits per heavy atom. The molecule has 2 aromatic heterocycles. The van der Waals surface area contributed by atoms with Crippen LogP contribution in [0.15, 0.2) is 16.3 Å². The van der Waals surface area contributed by atoms with Gasteiger partial charge in [0.25, 0.3) is 0 Å². The van der Waals surface area contributed by atoms with Crippen LogP contribution in [0.3, 0.4) is 0 Å². The van der Waals surface area contributed by atoms with Crippen molar-refractivity contribution in [3.63, 3.8) is 0 Å². The molecule has 2 rings (SSSR count). The average molecular weight is 283 g/mol. The lowest BCUT2D eigenvalue weighted by atomic mass is 10.4. The maximum absolute atomic E-state index is 10.8. The van der Waals surface area contributed by atoms with Crippen molar-refractivity contribution in [1.29, 1.82) is 0 Å². The van der Waals surface area contributed by atoms with Crippen LogP contribution in [-0.4, -0.2) is 22.3 Å². The van der Waals surface area contributed by atoms with E-state index >= 15 is 0 Å². The summed E-state index contributed by atoms with van der Waals surface area (Å²) in [6.45, 7) is 0. The van der Waals surface area contributed by atoms with E-state index in [-0.39, 0.29) is 8.68 Å². The fraction of sp³-hybridized carbons (Fsp3) is 0. The number of halogens is 1. The summed E-state index contributed by atoms with van der Waals surface area (Å²) in [4.78, 5) is 4.43. The predicted octanol–water partition coefficient (Wildman–Crippen LogP) is 2.17. The summed E-state index contributed by atoms with van der Waals surface area (Å²) in [5, 5.41) is 0. The molecule has 5 nitrogen and oxygen atoms in total. The van der Waals surface area contributed by atoms with Crippen molar-refractivity contribution < 1.29 is 13.0 Å². The van der Waals surface area contributed by atoms with Gasteiger partial charge in [-0.15, -0.1) is 11.3 Å². The average Bonchev–Trinajstić information content (AvgIpc) is 2.69. The van der Waals surface area contributed by atoms with E-state index in [0.717, 1.165) is 22.9 Å². The van der Waals surface area contributed by atoms with Crippen molar-refractivity contribution in [3.8, 4) is 10.7 Å². The third kappa shape index (κ3) is 2.34. The Balaban J connectivity index is 2.44. The van der Waals surface area contributed by atoms with E-state index in [2.05, 4.69) is 9.36 Å². The van der Waals surface area contributed by atoms with Gasteiger partial charge in [-0.1, -0.05) is 0 Å². The largest absolute Gasteiger partial charge is 0.304 e. The van der Waals surface area contributed by atoms with Crippen molar-refractivity contribution >= 4 is 44.6 Å².